The van der Waals surface area contributed by atoms with Gasteiger partial charge in [-0.25, -0.2) is 0 Å². The fraction of sp³-hybridized carbons (Fsp3) is 0.583. The van der Waals surface area contributed by atoms with Crippen molar-refractivity contribution in [1.29, 1.82) is 0 Å². The minimum absolute atomic E-state index is 0. The molecule has 0 aliphatic carbocycles. The van der Waals surface area contributed by atoms with Gasteiger partial charge in [-0.05, 0) is 37.8 Å². The van der Waals surface area contributed by atoms with Crippen LogP contribution in [0.1, 0.15) is 24.6 Å². The van der Waals surface area contributed by atoms with Gasteiger partial charge in [0.2, 0.25) is 5.91 Å². The van der Waals surface area contributed by atoms with Gasteiger partial charge >= 0.3 is 0 Å². The lowest BCUT2D eigenvalue weighted by molar-refractivity contribution is -0.121. The number of piperidine rings is 1. The molecule has 1 aromatic rings. The third kappa shape index (κ3) is 4.66. The van der Waals surface area contributed by atoms with E-state index in [0.29, 0.717) is 18.5 Å². The maximum Gasteiger partial charge on any atom is 0.225 e. The molecule has 0 spiro atoms. The van der Waals surface area contributed by atoms with Crippen LogP contribution >= 0.6 is 23.7 Å². The first-order valence-electron chi connectivity index (χ1n) is 5.79. The van der Waals surface area contributed by atoms with E-state index in [0.717, 1.165) is 24.3 Å². The average molecular weight is 275 g/mol. The highest BCUT2D eigenvalue weighted by Crippen LogP contribution is 2.11. The highest BCUT2D eigenvalue weighted by Gasteiger charge is 2.19. The minimum atomic E-state index is 0. The topological polar surface area (TPSA) is 41.1 Å². The molecule has 1 fully saturated rings. The Morgan fingerprint density at radius 2 is 2.47 bits per heavy atom. The van der Waals surface area contributed by atoms with Gasteiger partial charge < -0.3 is 10.6 Å². The zero-order valence-corrected chi connectivity index (χ0v) is 11.6. The Morgan fingerprint density at radius 1 is 1.65 bits per heavy atom. The number of carbonyl (C=O) groups excluding carboxylic acids is 1. The summed E-state index contributed by atoms with van der Waals surface area (Å²) in [5, 5.41) is 8.51. The number of thiophene rings is 1. The summed E-state index contributed by atoms with van der Waals surface area (Å²) in [4.78, 5) is 12.9. The van der Waals surface area contributed by atoms with Crippen molar-refractivity contribution in [1.82, 2.24) is 10.6 Å². The van der Waals surface area contributed by atoms with E-state index in [2.05, 4.69) is 17.6 Å². The van der Waals surface area contributed by atoms with E-state index in [4.69, 9.17) is 0 Å². The van der Waals surface area contributed by atoms with E-state index in [9.17, 15) is 4.79 Å². The molecule has 5 heteroatoms. The molecule has 2 heterocycles. The number of hydrogen-bond acceptors (Lipinski definition) is 3. The Kier molecular flexibility index (Phi) is 5.95. The van der Waals surface area contributed by atoms with E-state index in [1.807, 2.05) is 17.5 Å². The first-order valence-corrected chi connectivity index (χ1v) is 6.67. The van der Waals surface area contributed by atoms with Crippen molar-refractivity contribution in [2.45, 2.75) is 38.3 Å². The molecule has 1 aromatic heterocycles. The molecule has 0 saturated carbocycles. The van der Waals surface area contributed by atoms with Crippen LogP contribution in [0.3, 0.4) is 0 Å². The summed E-state index contributed by atoms with van der Waals surface area (Å²) in [5.74, 6) is 0.154. The van der Waals surface area contributed by atoms with E-state index < -0.39 is 0 Å². The lowest BCUT2D eigenvalue weighted by Crippen LogP contribution is -2.46. The number of hydrogen-bond donors (Lipinski definition) is 2. The van der Waals surface area contributed by atoms with Gasteiger partial charge in [-0.1, -0.05) is 6.07 Å². The SMILES string of the molecule is CC1CC(NC(=O)Cc2cccs2)CCN1.Cl. The van der Waals surface area contributed by atoms with Gasteiger partial charge in [0, 0.05) is 17.0 Å². The maximum atomic E-state index is 11.8. The third-order valence-electron chi connectivity index (χ3n) is 2.90. The van der Waals surface area contributed by atoms with Crippen molar-refractivity contribution >= 4 is 29.7 Å². The Balaban J connectivity index is 0.00000144. The summed E-state index contributed by atoms with van der Waals surface area (Å²) in [6.07, 6.45) is 2.60. The molecule has 2 unspecified atom stereocenters. The van der Waals surface area contributed by atoms with E-state index in [1.165, 1.54) is 0 Å². The minimum Gasteiger partial charge on any atom is -0.353 e. The Labute approximate surface area is 112 Å². The van der Waals surface area contributed by atoms with Crippen LogP contribution in [-0.4, -0.2) is 24.5 Å². The van der Waals surface area contributed by atoms with Crippen molar-refractivity contribution < 1.29 is 4.79 Å². The van der Waals surface area contributed by atoms with E-state index >= 15 is 0 Å². The fourth-order valence-electron chi connectivity index (χ4n) is 2.11. The third-order valence-corrected chi connectivity index (χ3v) is 3.78. The van der Waals surface area contributed by atoms with Crippen LogP contribution in [0.4, 0.5) is 0 Å². The fourth-order valence-corrected chi connectivity index (χ4v) is 2.82. The van der Waals surface area contributed by atoms with Gasteiger partial charge in [0.15, 0.2) is 0 Å². The zero-order chi connectivity index (χ0) is 11.4. The number of amides is 1. The summed E-state index contributed by atoms with van der Waals surface area (Å²) in [7, 11) is 0. The van der Waals surface area contributed by atoms with Gasteiger partial charge in [0.1, 0.15) is 0 Å². The lowest BCUT2D eigenvalue weighted by Gasteiger charge is -2.28. The smallest absolute Gasteiger partial charge is 0.225 e. The average Bonchev–Trinajstić information content (AvgIpc) is 2.70. The Bertz CT molecular complexity index is 342. The molecular formula is C12H19ClN2OS. The first kappa shape index (κ1) is 14.5. The van der Waals surface area contributed by atoms with Gasteiger partial charge in [0.05, 0.1) is 6.42 Å². The largest absolute Gasteiger partial charge is 0.353 e. The molecule has 96 valence electrons. The molecule has 1 aliphatic rings. The summed E-state index contributed by atoms with van der Waals surface area (Å²) in [6.45, 7) is 3.17. The number of halogens is 1. The first-order chi connectivity index (χ1) is 7.74. The monoisotopic (exact) mass is 274 g/mol. The second-order valence-corrected chi connectivity index (χ2v) is 5.43. The van der Waals surface area contributed by atoms with Gasteiger partial charge in [-0.2, -0.15) is 0 Å². The predicted octanol–water partition coefficient (Wildman–Crippen LogP) is 1.97. The van der Waals surface area contributed by atoms with Gasteiger partial charge in [-0.3, -0.25) is 4.79 Å². The summed E-state index contributed by atoms with van der Waals surface area (Å²) < 4.78 is 0. The number of rotatable bonds is 3. The molecule has 3 nitrogen and oxygen atoms in total. The Morgan fingerprint density at radius 3 is 3.12 bits per heavy atom. The quantitative estimate of drug-likeness (QED) is 0.885. The summed E-state index contributed by atoms with van der Waals surface area (Å²) >= 11 is 1.64. The van der Waals surface area contributed by atoms with E-state index in [-0.39, 0.29) is 18.3 Å². The molecule has 17 heavy (non-hydrogen) atoms. The van der Waals surface area contributed by atoms with Crippen molar-refractivity contribution in [3.8, 4) is 0 Å². The Hall–Kier alpha value is -0.580. The van der Waals surface area contributed by atoms with Crippen LogP contribution in [0.15, 0.2) is 17.5 Å². The second kappa shape index (κ2) is 6.99. The standard InChI is InChI=1S/C12H18N2OS.ClH/c1-9-7-10(4-5-13-9)14-12(15)8-11-3-2-6-16-11;/h2-3,6,9-10,13H,4-5,7-8H2,1H3,(H,14,15);1H. The van der Waals surface area contributed by atoms with Crippen molar-refractivity contribution in [3.05, 3.63) is 22.4 Å². The van der Waals surface area contributed by atoms with Crippen LogP contribution in [0.2, 0.25) is 0 Å². The van der Waals surface area contributed by atoms with Crippen molar-refractivity contribution in [3.63, 3.8) is 0 Å². The van der Waals surface area contributed by atoms with Crippen LogP contribution in [0.5, 0.6) is 0 Å². The van der Waals surface area contributed by atoms with Crippen molar-refractivity contribution in [2.24, 2.45) is 0 Å². The predicted molar refractivity (Wildman–Crippen MR) is 73.9 cm³/mol. The molecule has 1 saturated heterocycles. The van der Waals surface area contributed by atoms with Gasteiger partial charge in [-0.15, -0.1) is 23.7 Å². The molecule has 1 aliphatic heterocycles. The molecule has 0 bridgehead atoms. The zero-order valence-electron chi connectivity index (χ0n) is 9.94. The molecule has 2 rings (SSSR count). The molecule has 1 amide bonds. The normalized spacial score (nSPS) is 23.8. The molecule has 2 atom stereocenters. The molecule has 2 N–H and O–H groups in total. The second-order valence-electron chi connectivity index (χ2n) is 4.40. The highest BCUT2D eigenvalue weighted by molar-refractivity contribution is 7.10. The van der Waals surface area contributed by atoms with Crippen LogP contribution < -0.4 is 10.6 Å². The maximum absolute atomic E-state index is 11.8. The molecule has 0 radical (unpaired) electrons. The van der Waals surface area contributed by atoms with Crippen molar-refractivity contribution in [2.75, 3.05) is 6.54 Å². The van der Waals surface area contributed by atoms with Crippen LogP contribution in [-0.2, 0) is 11.2 Å². The number of nitrogens with one attached hydrogen (secondary N) is 2. The van der Waals surface area contributed by atoms with Gasteiger partial charge in [0.25, 0.3) is 0 Å². The summed E-state index contributed by atoms with van der Waals surface area (Å²) in [6, 6.07) is 4.86. The molecular weight excluding hydrogens is 256 g/mol. The highest BCUT2D eigenvalue weighted by atomic mass is 35.5. The number of carbonyl (C=O) groups is 1. The molecule has 0 aromatic carbocycles. The van der Waals surface area contributed by atoms with Crippen LogP contribution in [0.25, 0.3) is 0 Å². The van der Waals surface area contributed by atoms with E-state index in [1.54, 1.807) is 11.3 Å². The summed E-state index contributed by atoms with van der Waals surface area (Å²) in [5.41, 5.74) is 0. The van der Waals surface area contributed by atoms with Crippen LogP contribution in [0, 0.1) is 0 Å². The lowest BCUT2D eigenvalue weighted by atomic mass is 10.0.